The number of terminal acetylenes is 1. The largest absolute Gasteiger partial charge is 0.455 e. The summed E-state index contributed by atoms with van der Waals surface area (Å²) in [5, 5.41) is 0. The Morgan fingerprint density at radius 3 is 2.30 bits per heavy atom. The Morgan fingerprint density at radius 2 is 1.70 bits per heavy atom. The minimum atomic E-state index is -1.52. The van der Waals surface area contributed by atoms with Gasteiger partial charge in [-0.15, -0.1) is 6.42 Å². The zero-order valence-corrected chi connectivity index (χ0v) is 20.6. The molecule has 0 spiro atoms. The highest BCUT2D eigenvalue weighted by Gasteiger charge is 2.58. The van der Waals surface area contributed by atoms with Crippen molar-refractivity contribution < 1.29 is 23.7 Å². The first kappa shape index (κ1) is 26.1. The average Bonchev–Trinajstić information content (AvgIpc) is 3.18. The maximum atomic E-state index is 12.8. The molecule has 9 heteroatoms. The quantitative estimate of drug-likeness (QED) is 0.352. The van der Waals surface area contributed by atoms with Crippen molar-refractivity contribution in [3.8, 4) is 12.3 Å². The van der Waals surface area contributed by atoms with Crippen molar-refractivity contribution in [2.24, 2.45) is 0 Å². The topological polar surface area (TPSA) is 109 Å². The van der Waals surface area contributed by atoms with Crippen molar-refractivity contribution in [2.75, 3.05) is 6.61 Å². The van der Waals surface area contributed by atoms with Gasteiger partial charge >= 0.3 is 11.7 Å². The van der Waals surface area contributed by atoms with E-state index in [4.69, 9.17) is 25.4 Å². The number of carbonyl (C=O) groups excluding carboxylic acids is 1. The van der Waals surface area contributed by atoms with Gasteiger partial charge in [-0.3, -0.25) is 19.1 Å². The summed E-state index contributed by atoms with van der Waals surface area (Å²) in [4.78, 5) is 39.1. The Bertz CT molecular complexity index is 1380. The number of ether oxygens (including phenoxy) is 4. The Kier molecular flexibility index (Phi) is 8.04. The van der Waals surface area contributed by atoms with Gasteiger partial charge in [-0.05, 0) is 18.1 Å². The smallest absolute Gasteiger partial charge is 0.330 e. The Labute approximate surface area is 214 Å². The monoisotopic (exact) mass is 504 g/mol. The van der Waals surface area contributed by atoms with Crippen LogP contribution in [0.1, 0.15) is 29.8 Å². The maximum absolute atomic E-state index is 12.8. The fraction of sp³-hybridized carbons (Fsp3) is 0.321. The van der Waals surface area contributed by atoms with E-state index in [0.29, 0.717) is 0 Å². The third-order valence-electron chi connectivity index (χ3n) is 6.04. The fourth-order valence-corrected chi connectivity index (χ4v) is 4.22. The van der Waals surface area contributed by atoms with Crippen molar-refractivity contribution in [1.29, 1.82) is 0 Å². The van der Waals surface area contributed by atoms with E-state index >= 15 is 0 Å². The van der Waals surface area contributed by atoms with E-state index in [-0.39, 0.29) is 25.4 Å². The number of rotatable bonds is 9. The molecule has 1 N–H and O–H groups in total. The normalized spacial score (nSPS) is 22.9. The second kappa shape index (κ2) is 11.4. The molecule has 0 aliphatic carbocycles. The van der Waals surface area contributed by atoms with Gasteiger partial charge in [0.15, 0.2) is 17.9 Å². The molecule has 0 radical (unpaired) electrons. The van der Waals surface area contributed by atoms with E-state index in [1.807, 2.05) is 60.7 Å². The minimum Gasteiger partial charge on any atom is -0.455 e. The van der Waals surface area contributed by atoms with Crippen LogP contribution in [0.25, 0.3) is 0 Å². The lowest BCUT2D eigenvalue weighted by Gasteiger charge is -2.30. The summed E-state index contributed by atoms with van der Waals surface area (Å²) in [5.41, 5.74) is -0.731. The molecule has 1 fully saturated rings. The summed E-state index contributed by atoms with van der Waals surface area (Å²) in [6.45, 7) is 3.07. The van der Waals surface area contributed by atoms with Gasteiger partial charge in [0.2, 0.25) is 0 Å². The summed E-state index contributed by atoms with van der Waals surface area (Å²) in [7, 11) is 0. The van der Waals surface area contributed by atoms with Crippen LogP contribution in [-0.4, -0.2) is 39.9 Å². The van der Waals surface area contributed by atoms with Gasteiger partial charge in [0.1, 0.15) is 6.10 Å². The molecular weight excluding hydrogens is 476 g/mol. The molecule has 1 saturated heterocycles. The first-order valence-electron chi connectivity index (χ1n) is 11.7. The van der Waals surface area contributed by atoms with Crippen LogP contribution in [0.4, 0.5) is 0 Å². The van der Waals surface area contributed by atoms with Crippen molar-refractivity contribution in [3.05, 3.63) is 104 Å². The molecule has 9 nitrogen and oxygen atoms in total. The van der Waals surface area contributed by atoms with Crippen molar-refractivity contribution >= 4 is 5.97 Å². The van der Waals surface area contributed by atoms with Crippen LogP contribution in [0.5, 0.6) is 0 Å². The molecule has 0 bridgehead atoms. The zero-order chi connectivity index (χ0) is 26.4. The molecule has 1 aliphatic heterocycles. The Morgan fingerprint density at radius 1 is 1.08 bits per heavy atom. The van der Waals surface area contributed by atoms with E-state index in [1.54, 1.807) is 6.92 Å². The second-order valence-corrected chi connectivity index (χ2v) is 8.79. The molecule has 3 aromatic rings. The molecule has 0 unspecified atom stereocenters. The van der Waals surface area contributed by atoms with Gasteiger partial charge < -0.3 is 18.9 Å². The number of aromatic nitrogens is 2. The van der Waals surface area contributed by atoms with Gasteiger partial charge in [0, 0.05) is 18.7 Å². The van der Waals surface area contributed by atoms with Crippen LogP contribution in [-0.2, 0) is 37.0 Å². The number of carbonyl (C=O) groups is 1. The molecule has 2 heterocycles. The highest BCUT2D eigenvalue weighted by molar-refractivity contribution is 5.66. The molecule has 1 aromatic heterocycles. The summed E-state index contributed by atoms with van der Waals surface area (Å²) < 4.78 is 25.3. The number of benzene rings is 2. The lowest BCUT2D eigenvalue weighted by molar-refractivity contribution is -0.158. The predicted octanol–water partition coefficient (Wildman–Crippen LogP) is 2.48. The van der Waals surface area contributed by atoms with Crippen molar-refractivity contribution in [1.82, 2.24) is 9.55 Å². The fourth-order valence-electron chi connectivity index (χ4n) is 4.22. The number of esters is 1. The Hall–Kier alpha value is -3.97. The van der Waals surface area contributed by atoms with Gasteiger partial charge in [0.05, 0.1) is 19.8 Å². The molecule has 0 amide bonds. The number of aromatic amines is 1. The molecule has 2 aromatic carbocycles. The average molecular weight is 505 g/mol. The summed E-state index contributed by atoms with van der Waals surface area (Å²) in [6.07, 6.45) is 4.07. The Balaban J connectivity index is 1.71. The summed E-state index contributed by atoms with van der Waals surface area (Å²) >= 11 is 0. The van der Waals surface area contributed by atoms with E-state index < -0.39 is 41.3 Å². The maximum Gasteiger partial charge on any atom is 0.330 e. The van der Waals surface area contributed by atoms with Gasteiger partial charge in [-0.1, -0.05) is 66.6 Å². The van der Waals surface area contributed by atoms with E-state index in [2.05, 4.69) is 10.9 Å². The van der Waals surface area contributed by atoms with Crippen LogP contribution in [0, 0.1) is 19.3 Å². The molecule has 4 rings (SSSR count). The van der Waals surface area contributed by atoms with Crippen LogP contribution in [0.2, 0.25) is 0 Å². The summed E-state index contributed by atoms with van der Waals surface area (Å²) in [5.74, 6) is 2.04. The minimum absolute atomic E-state index is 0.108. The van der Waals surface area contributed by atoms with Crippen LogP contribution >= 0.6 is 0 Å². The third-order valence-corrected chi connectivity index (χ3v) is 6.04. The van der Waals surface area contributed by atoms with Crippen molar-refractivity contribution in [2.45, 2.75) is 51.1 Å². The first-order valence-corrected chi connectivity index (χ1v) is 11.7. The number of nitrogens with zero attached hydrogens (tertiary/aromatic N) is 1. The van der Waals surface area contributed by atoms with Crippen LogP contribution < -0.4 is 11.2 Å². The molecule has 37 heavy (non-hydrogen) atoms. The number of H-pyrrole nitrogens is 1. The van der Waals surface area contributed by atoms with E-state index in [1.165, 1.54) is 13.1 Å². The molecule has 0 saturated carbocycles. The van der Waals surface area contributed by atoms with Gasteiger partial charge in [-0.25, -0.2) is 4.79 Å². The second-order valence-electron chi connectivity index (χ2n) is 8.79. The highest BCUT2D eigenvalue weighted by atomic mass is 16.6. The predicted molar refractivity (Wildman–Crippen MR) is 134 cm³/mol. The molecular formula is C28H28N2O7. The summed E-state index contributed by atoms with van der Waals surface area (Å²) in [6, 6.07) is 18.9. The third kappa shape index (κ3) is 5.89. The first-order chi connectivity index (χ1) is 17.8. The van der Waals surface area contributed by atoms with Gasteiger partial charge in [-0.2, -0.15) is 0 Å². The molecule has 4 atom stereocenters. The lowest BCUT2D eigenvalue weighted by Crippen LogP contribution is -2.48. The standard InChI is InChI=1S/C28H28N2O7/c1-4-28(18-34-16-21-11-7-5-8-12-21)24(35-17-22-13-9-6-10-14-22)23(36-20(3)31)26(37-28)30-15-19(2)25(32)29-27(30)33/h1,5-15,23-24,26H,16-18H2,2-3H3,(H,29,32,33)/t23-,24+,26-,28-/m1/s1. The highest BCUT2D eigenvalue weighted by Crippen LogP contribution is 2.41. The zero-order valence-electron chi connectivity index (χ0n) is 20.6. The molecule has 192 valence electrons. The van der Waals surface area contributed by atoms with E-state index in [9.17, 15) is 14.4 Å². The number of nitrogens with one attached hydrogen (secondary N) is 1. The van der Waals surface area contributed by atoms with Gasteiger partial charge in [0.25, 0.3) is 5.56 Å². The van der Waals surface area contributed by atoms with Crippen LogP contribution in [0.3, 0.4) is 0 Å². The number of hydrogen-bond acceptors (Lipinski definition) is 7. The number of aryl methyl sites for hydroxylation is 1. The van der Waals surface area contributed by atoms with E-state index in [0.717, 1.165) is 15.7 Å². The molecule has 1 aliphatic rings. The SMILES string of the molecule is C#C[C@]1(COCc2ccccc2)O[C@@H](n2cc(C)c(=O)[nH]c2=O)[C@H](OC(C)=O)[C@@H]1OCc1ccccc1. The van der Waals surface area contributed by atoms with Crippen LogP contribution in [0.15, 0.2) is 76.4 Å². The van der Waals surface area contributed by atoms with Crippen molar-refractivity contribution in [3.63, 3.8) is 0 Å². The number of hydrogen-bond donors (Lipinski definition) is 1. The lowest BCUT2D eigenvalue weighted by atomic mass is 9.96.